The maximum absolute atomic E-state index is 12.7. The molecule has 0 radical (unpaired) electrons. The Balaban J connectivity index is 1.63. The molecule has 3 aromatic rings. The molecule has 3 aromatic heterocycles. The van der Waals surface area contributed by atoms with Gasteiger partial charge >= 0.3 is 0 Å². The van der Waals surface area contributed by atoms with Gasteiger partial charge in [0.25, 0.3) is 5.56 Å². The monoisotopic (exact) mass is 357 g/mol. The Bertz CT molecular complexity index is 974. The summed E-state index contributed by atoms with van der Waals surface area (Å²) in [6.45, 7) is 6.85. The van der Waals surface area contributed by atoms with E-state index in [1.807, 2.05) is 18.7 Å². The number of fused-ring (bicyclic) bond motifs is 1. The van der Waals surface area contributed by atoms with Gasteiger partial charge in [-0.15, -0.1) is 11.3 Å². The average molecular weight is 357 g/mol. The minimum Gasteiger partial charge on any atom is -0.337 e. The van der Waals surface area contributed by atoms with E-state index in [9.17, 15) is 4.79 Å². The summed E-state index contributed by atoms with van der Waals surface area (Å²) < 4.78 is 1.18. The third-order valence-corrected chi connectivity index (χ3v) is 5.72. The van der Waals surface area contributed by atoms with Crippen LogP contribution in [-0.2, 0) is 0 Å². The summed E-state index contributed by atoms with van der Waals surface area (Å²) in [4.78, 5) is 31.9. The van der Waals surface area contributed by atoms with Gasteiger partial charge in [-0.3, -0.25) is 4.79 Å². The zero-order valence-electron chi connectivity index (χ0n) is 14.1. The lowest BCUT2D eigenvalue weighted by Gasteiger charge is -2.35. The van der Waals surface area contributed by atoms with E-state index in [1.54, 1.807) is 29.8 Å². The van der Waals surface area contributed by atoms with Crippen LogP contribution in [0.4, 0.5) is 11.9 Å². The molecule has 0 saturated carbocycles. The molecule has 8 nitrogen and oxygen atoms in total. The minimum absolute atomic E-state index is 0.185. The smallest absolute Gasteiger partial charge is 0.282 e. The second kappa shape index (κ2) is 5.99. The fourth-order valence-electron chi connectivity index (χ4n) is 3.08. The summed E-state index contributed by atoms with van der Waals surface area (Å²) in [5.41, 5.74) is 0.782. The lowest BCUT2D eigenvalue weighted by atomic mass is 10.2. The first-order valence-electron chi connectivity index (χ1n) is 8.11. The van der Waals surface area contributed by atoms with Gasteiger partial charge in [0.05, 0.1) is 5.39 Å². The molecule has 0 aliphatic carbocycles. The van der Waals surface area contributed by atoms with Crippen molar-refractivity contribution in [2.24, 2.45) is 0 Å². The molecule has 25 heavy (non-hydrogen) atoms. The van der Waals surface area contributed by atoms with Crippen molar-refractivity contribution < 1.29 is 0 Å². The van der Waals surface area contributed by atoms with E-state index in [0.29, 0.717) is 24.4 Å². The van der Waals surface area contributed by atoms with Crippen molar-refractivity contribution in [2.75, 3.05) is 41.8 Å². The number of piperazine rings is 1. The fraction of sp³-hybridized carbons (Fsp3) is 0.375. The van der Waals surface area contributed by atoms with Crippen molar-refractivity contribution >= 4 is 33.5 Å². The Kier molecular flexibility index (Phi) is 3.79. The van der Waals surface area contributed by atoms with Crippen molar-refractivity contribution in [3.8, 4) is 0 Å². The Morgan fingerprint density at radius 3 is 2.40 bits per heavy atom. The van der Waals surface area contributed by atoms with Crippen LogP contribution in [0.1, 0.15) is 10.4 Å². The molecule has 0 bridgehead atoms. The van der Waals surface area contributed by atoms with Crippen LogP contribution in [0.5, 0.6) is 0 Å². The number of rotatable bonds is 2. The molecule has 4 heterocycles. The molecule has 1 aliphatic rings. The second-order valence-electron chi connectivity index (χ2n) is 6.07. The first kappa shape index (κ1) is 15.8. The Morgan fingerprint density at radius 2 is 1.72 bits per heavy atom. The molecule has 9 heteroatoms. The topological polar surface area (TPSA) is 93.2 Å². The van der Waals surface area contributed by atoms with Gasteiger partial charge in [-0.25, -0.2) is 15.0 Å². The van der Waals surface area contributed by atoms with Crippen LogP contribution in [-0.4, -0.2) is 45.8 Å². The van der Waals surface area contributed by atoms with Gasteiger partial charge in [0.15, 0.2) is 0 Å². The van der Waals surface area contributed by atoms with Gasteiger partial charge in [0, 0.05) is 43.4 Å². The van der Waals surface area contributed by atoms with Gasteiger partial charge < -0.3 is 15.6 Å². The summed E-state index contributed by atoms with van der Waals surface area (Å²) >= 11 is 1.54. The maximum Gasteiger partial charge on any atom is 0.282 e. The number of thiophene rings is 1. The molecule has 1 saturated heterocycles. The van der Waals surface area contributed by atoms with Crippen molar-refractivity contribution in [3.63, 3.8) is 0 Å². The van der Waals surface area contributed by atoms with Crippen LogP contribution < -0.4 is 21.2 Å². The van der Waals surface area contributed by atoms with Crippen molar-refractivity contribution in [1.82, 2.24) is 19.6 Å². The zero-order valence-corrected chi connectivity index (χ0v) is 15.0. The first-order valence-corrected chi connectivity index (χ1v) is 8.92. The number of nitrogen functional groups attached to an aromatic ring is 1. The third-order valence-electron chi connectivity index (χ3n) is 4.61. The quantitative estimate of drug-likeness (QED) is 0.681. The fourth-order valence-corrected chi connectivity index (χ4v) is 4.09. The number of aromatic nitrogens is 4. The van der Waals surface area contributed by atoms with E-state index < -0.39 is 0 Å². The van der Waals surface area contributed by atoms with E-state index in [0.717, 1.165) is 34.3 Å². The van der Waals surface area contributed by atoms with Gasteiger partial charge in [-0.2, -0.15) is 4.68 Å². The summed E-state index contributed by atoms with van der Waals surface area (Å²) in [7, 11) is 0. The predicted octanol–water partition coefficient (Wildman–Crippen LogP) is 0.905. The number of anilines is 2. The Hall–Kier alpha value is -2.68. The van der Waals surface area contributed by atoms with Crippen LogP contribution in [0.15, 0.2) is 23.3 Å². The maximum atomic E-state index is 12.7. The number of nitrogens with two attached hydrogens (primary N) is 1. The summed E-state index contributed by atoms with van der Waals surface area (Å²) in [5.74, 6) is 7.31. The molecular formula is C16H19N7OS. The van der Waals surface area contributed by atoms with Crippen molar-refractivity contribution in [2.45, 2.75) is 13.8 Å². The van der Waals surface area contributed by atoms with Crippen LogP contribution in [0.2, 0.25) is 0 Å². The normalized spacial score (nSPS) is 15.1. The molecule has 1 aliphatic heterocycles. The second-order valence-corrected chi connectivity index (χ2v) is 7.28. The number of hydrogen-bond donors (Lipinski definition) is 1. The number of aryl methyl sites for hydroxylation is 2. The van der Waals surface area contributed by atoms with E-state index >= 15 is 0 Å². The molecule has 0 aromatic carbocycles. The molecule has 130 valence electrons. The van der Waals surface area contributed by atoms with E-state index in [4.69, 9.17) is 5.84 Å². The summed E-state index contributed by atoms with van der Waals surface area (Å²) in [6, 6.07) is 1.80. The highest BCUT2D eigenvalue weighted by Crippen LogP contribution is 2.27. The third kappa shape index (κ3) is 2.60. The molecule has 0 spiro atoms. The van der Waals surface area contributed by atoms with Crippen molar-refractivity contribution in [3.05, 3.63) is 39.3 Å². The van der Waals surface area contributed by atoms with Gasteiger partial charge in [0.1, 0.15) is 4.83 Å². The largest absolute Gasteiger partial charge is 0.337 e. The lowest BCUT2D eigenvalue weighted by molar-refractivity contribution is 0.618. The van der Waals surface area contributed by atoms with Gasteiger partial charge in [-0.05, 0) is 25.5 Å². The summed E-state index contributed by atoms with van der Waals surface area (Å²) in [6.07, 6.45) is 3.48. The van der Waals surface area contributed by atoms with E-state index in [-0.39, 0.29) is 5.56 Å². The highest BCUT2D eigenvalue weighted by atomic mass is 32.1. The van der Waals surface area contributed by atoms with Crippen LogP contribution in [0, 0.1) is 13.8 Å². The van der Waals surface area contributed by atoms with Gasteiger partial charge in [-0.1, -0.05) is 0 Å². The van der Waals surface area contributed by atoms with Crippen LogP contribution >= 0.6 is 11.3 Å². The highest BCUT2D eigenvalue weighted by molar-refractivity contribution is 7.18. The molecule has 0 amide bonds. The molecular weight excluding hydrogens is 338 g/mol. The summed E-state index contributed by atoms with van der Waals surface area (Å²) in [5, 5.41) is 0.630. The van der Waals surface area contributed by atoms with Gasteiger partial charge in [0.2, 0.25) is 11.9 Å². The molecule has 1 fully saturated rings. The predicted molar refractivity (Wildman–Crippen MR) is 100.0 cm³/mol. The molecule has 0 atom stereocenters. The average Bonchev–Trinajstić information content (AvgIpc) is 2.93. The Morgan fingerprint density at radius 1 is 1.08 bits per heavy atom. The number of nitrogens with zero attached hydrogens (tertiary/aromatic N) is 6. The van der Waals surface area contributed by atoms with E-state index in [2.05, 4.69) is 19.9 Å². The minimum atomic E-state index is -0.185. The molecule has 0 unspecified atom stereocenters. The standard InChI is InChI=1S/C16H19N7OS/c1-10-11(2)25-13-12(10)14(24)23(17)16(20-13)22-8-6-21(7-9-22)15-18-4-3-5-19-15/h3-5H,6-9,17H2,1-2H3. The number of hydrogen-bond acceptors (Lipinski definition) is 8. The van der Waals surface area contributed by atoms with Crippen molar-refractivity contribution in [1.29, 1.82) is 0 Å². The molecule has 2 N–H and O–H groups in total. The lowest BCUT2D eigenvalue weighted by Crippen LogP contribution is -2.49. The van der Waals surface area contributed by atoms with Crippen LogP contribution in [0.3, 0.4) is 0 Å². The van der Waals surface area contributed by atoms with Crippen LogP contribution in [0.25, 0.3) is 10.2 Å². The Labute approximate surface area is 148 Å². The SMILES string of the molecule is Cc1sc2nc(N3CCN(c4ncccn4)CC3)n(N)c(=O)c2c1C. The first-order chi connectivity index (χ1) is 12.1. The highest BCUT2D eigenvalue weighted by Gasteiger charge is 2.24. The van der Waals surface area contributed by atoms with E-state index in [1.165, 1.54) is 4.68 Å². The molecule has 4 rings (SSSR count). The zero-order chi connectivity index (χ0) is 17.6.